The summed E-state index contributed by atoms with van der Waals surface area (Å²) < 4.78 is 27.2. The first kappa shape index (κ1) is 18.4. The minimum atomic E-state index is -0.877. The first-order valence-electron chi connectivity index (χ1n) is 8.27. The molecule has 3 atom stereocenters. The molecular weight excluding hydrogens is 316 g/mol. The van der Waals surface area contributed by atoms with E-state index < -0.39 is 29.6 Å². The Morgan fingerprint density at radius 3 is 2.46 bits per heavy atom. The van der Waals surface area contributed by atoms with Crippen LogP contribution in [0.4, 0.5) is 8.78 Å². The lowest BCUT2D eigenvalue weighted by molar-refractivity contribution is -0.144. The van der Waals surface area contributed by atoms with Crippen molar-refractivity contribution in [3.63, 3.8) is 0 Å². The van der Waals surface area contributed by atoms with Gasteiger partial charge < -0.3 is 10.4 Å². The fraction of sp³-hybridized carbons (Fsp3) is 0.556. The van der Waals surface area contributed by atoms with Crippen LogP contribution < -0.4 is 5.32 Å². The van der Waals surface area contributed by atoms with E-state index >= 15 is 0 Å². The van der Waals surface area contributed by atoms with Gasteiger partial charge in [0.1, 0.15) is 11.6 Å². The largest absolute Gasteiger partial charge is 0.481 e. The summed E-state index contributed by atoms with van der Waals surface area (Å²) in [6.07, 6.45) is 2.20. The monoisotopic (exact) mass is 339 g/mol. The lowest BCUT2D eigenvalue weighted by Gasteiger charge is -2.29. The second-order valence-electron chi connectivity index (χ2n) is 6.79. The Hall–Kier alpha value is -1.98. The molecule has 6 heteroatoms. The van der Waals surface area contributed by atoms with E-state index in [4.69, 9.17) is 5.11 Å². The third-order valence-corrected chi connectivity index (χ3v) is 4.66. The number of carbonyl (C=O) groups is 2. The molecule has 24 heavy (non-hydrogen) atoms. The average Bonchev–Trinajstić information content (AvgIpc) is 2.53. The number of amides is 1. The molecule has 0 heterocycles. The van der Waals surface area contributed by atoms with Gasteiger partial charge in [-0.15, -0.1) is 0 Å². The van der Waals surface area contributed by atoms with E-state index in [-0.39, 0.29) is 23.3 Å². The van der Waals surface area contributed by atoms with Gasteiger partial charge in [-0.05, 0) is 31.2 Å². The lowest BCUT2D eigenvalue weighted by Crippen LogP contribution is -2.39. The first-order chi connectivity index (χ1) is 11.3. The van der Waals surface area contributed by atoms with Gasteiger partial charge >= 0.3 is 5.97 Å². The van der Waals surface area contributed by atoms with E-state index in [9.17, 15) is 18.4 Å². The Morgan fingerprint density at radius 2 is 1.88 bits per heavy atom. The number of hydrogen-bond acceptors (Lipinski definition) is 2. The van der Waals surface area contributed by atoms with Gasteiger partial charge in [0, 0.05) is 17.5 Å². The normalized spacial score (nSPS) is 22.2. The Labute approximate surface area is 140 Å². The van der Waals surface area contributed by atoms with Crippen LogP contribution in [0.25, 0.3) is 0 Å². The van der Waals surface area contributed by atoms with Crippen molar-refractivity contribution >= 4 is 11.9 Å². The molecule has 1 aromatic rings. The molecule has 4 nitrogen and oxygen atoms in total. The van der Waals surface area contributed by atoms with Gasteiger partial charge in [-0.25, -0.2) is 8.78 Å². The third-order valence-electron chi connectivity index (χ3n) is 4.66. The standard InChI is InChI=1S/C18H23F2NO3/c1-10(2)16(14-7-6-13(19)9-15(14)20)21-17(22)11-4-3-5-12(8-11)18(23)24/h6-7,9-12,16H,3-5,8H2,1-2H3,(H,21,22)(H,23,24). The highest BCUT2D eigenvalue weighted by Gasteiger charge is 2.32. The van der Waals surface area contributed by atoms with Crippen molar-refractivity contribution in [2.45, 2.75) is 45.6 Å². The summed E-state index contributed by atoms with van der Waals surface area (Å²) in [5.74, 6) is -3.48. The highest BCUT2D eigenvalue weighted by molar-refractivity contribution is 5.80. The summed E-state index contributed by atoms with van der Waals surface area (Å²) >= 11 is 0. The minimum Gasteiger partial charge on any atom is -0.481 e. The van der Waals surface area contributed by atoms with Gasteiger partial charge in [0.15, 0.2) is 0 Å². The number of rotatable bonds is 5. The van der Waals surface area contributed by atoms with Crippen LogP contribution in [-0.2, 0) is 9.59 Å². The van der Waals surface area contributed by atoms with E-state index in [0.717, 1.165) is 6.07 Å². The van der Waals surface area contributed by atoms with E-state index in [1.165, 1.54) is 12.1 Å². The van der Waals surface area contributed by atoms with Crippen LogP contribution in [0.15, 0.2) is 18.2 Å². The molecule has 1 saturated carbocycles. The Morgan fingerprint density at radius 1 is 1.21 bits per heavy atom. The fourth-order valence-corrected chi connectivity index (χ4v) is 3.28. The molecule has 0 radical (unpaired) electrons. The van der Waals surface area contributed by atoms with Crippen molar-refractivity contribution in [2.24, 2.45) is 17.8 Å². The molecule has 1 aromatic carbocycles. The minimum absolute atomic E-state index is 0.0900. The molecule has 3 unspecified atom stereocenters. The molecule has 0 aliphatic heterocycles. The Balaban J connectivity index is 2.12. The molecule has 1 aliphatic carbocycles. The summed E-state index contributed by atoms with van der Waals surface area (Å²) in [5, 5.41) is 12.0. The van der Waals surface area contributed by atoms with Crippen LogP contribution in [0.2, 0.25) is 0 Å². The number of carboxylic acid groups (broad SMARTS) is 1. The lowest BCUT2D eigenvalue weighted by atomic mass is 9.80. The van der Waals surface area contributed by atoms with Crippen LogP contribution >= 0.6 is 0 Å². The van der Waals surface area contributed by atoms with Crippen molar-refractivity contribution < 1.29 is 23.5 Å². The maximum atomic E-state index is 14.1. The fourth-order valence-electron chi connectivity index (χ4n) is 3.28. The van der Waals surface area contributed by atoms with E-state index in [0.29, 0.717) is 25.7 Å². The van der Waals surface area contributed by atoms with Gasteiger partial charge in [-0.1, -0.05) is 26.3 Å². The number of benzene rings is 1. The summed E-state index contributed by atoms with van der Waals surface area (Å²) in [6, 6.07) is 2.73. The van der Waals surface area contributed by atoms with Crippen LogP contribution in [0, 0.1) is 29.4 Å². The van der Waals surface area contributed by atoms with Crippen LogP contribution in [0.5, 0.6) is 0 Å². The Bertz CT molecular complexity index is 618. The molecular formula is C18H23F2NO3. The molecule has 2 N–H and O–H groups in total. The molecule has 1 aliphatic rings. The number of carbonyl (C=O) groups excluding carboxylic acids is 1. The molecule has 2 rings (SSSR count). The van der Waals surface area contributed by atoms with Gasteiger partial charge in [0.05, 0.1) is 12.0 Å². The second kappa shape index (κ2) is 7.73. The van der Waals surface area contributed by atoms with Gasteiger partial charge in [-0.3, -0.25) is 9.59 Å². The zero-order valence-corrected chi connectivity index (χ0v) is 13.9. The number of halogens is 2. The highest BCUT2D eigenvalue weighted by atomic mass is 19.1. The average molecular weight is 339 g/mol. The number of aliphatic carboxylic acids is 1. The van der Waals surface area contributed by atoms with Gasteiger partial charge in [0.25, 0.3) is 0 Å². The Kier molecular flexibility index (Phi) is 5.91. The summed E-state index contributed by atoms with van der Waals surface area (Å²) in [6.45, 7) is 3.68. The number of carboxylic acids is 1. The molecule has 0 saturated heterocycles. The van der Waals surface area contributed by atoms with Crippen LogP contribution in [0.1, 0.15) is 51.1 Å². The molecule has 0 aromatic heterocycles. The maximum Gasteiger partial charge on any atom is 0.306 e. The summed E-state index contributed by atoms with van der Waals surface area (Å²) in [5.41, 5.74) is 0.241. The summed E-state index contributed by atoms with van der Waals surface area (Å²) in [4.78, 5) is 23.7. The van der Waals surface area contributed by atoms with Crippen LogP contribution in [-0.4, -0.2) is 17.0 Å². The molecule has 1 amide bonds. The molecule has 132 valence electrons. The highest BCUT2D eigenvalue weighted by Crippen LogP contribution is 2.31. The van der Waals surface area contributed by atoms with Crippen molar-refractivity contribution in [1.82, 2.24) is 5.32 Å². The van der Waals surface area contributed by atoms with Crippen molar-refractivity contribution in [2.75, 3.05) is 0 Å². The van der Waals surface area contributed by atoms with E-state index in [1.54, 1.807) is 0 Å². The quantitative estimate of drug-likeness (QED) is 0.860. The molecule has 1 fully saturated rings. The summed E-state index contributed by atoms with van der Waals surface area (Å²) in [7, 11) is 0. The predicted octanol–water partition coefficient (Wildman–Crippen LogP) is 3.67. The third kappa shape index (κ3) is 4.30. The smallest absolute Gasteiger partial charge is 0.306 e. The van der Waals surface area contributed by atoms with Crippen molar-refractivity contribution in [3.05, 3.63) is 35.4 Å². The zero-order chi connectivity index (χ0) is 17.9. The van der Waals surface area contributed by atoms with Crippen molar-refractivity contribution in [3.8, 4) is 0 Å². The maximum absolute atomic E-state index is 14.1. The second-order valence-corrected chi connectivity index (χ2v) is 6.79. The van der Waals surface area contributed by atoms with Gasteiger partial charge in [-0.2, -0.15) is 0 Å². The first-order valence-corrected chi connectivity index (χ1v) is 8.27. The van der Waals surface area contributed by atoms with Crippen molar-refractivity contribution in [1.29, 1.82) is 0 Å². The number of nitrogens with one attached hydrogen (secondary N) is 1. The predicted molar refractivity (Wildman–Crippen MR) is 85.2 cm³/mol. The SMILES string of the molecule is CC(C)C(NC(=O)C1CCCC(C(=O)O)C1)c1ccc(F)cc1F. The zero-order valence-electron chi connectivity index (χ0n) is 13.9. The van der Waals surface area contributed by atoms with Crippen LogP contribution in [0.3, 0.4) is 0 Å². The van der Waals surface area contributed by atoms with Gasteiger partial charge in [0.2, 0.25) is 5.91 Å². The van der Waals surface area contributed by atoms with E-state index in [2.05, 4.69) is 5.32 Å². The number of hydrogen-bond donors (Lipinski definition) is 2. The molecule has 0 bridgehead atoms. The van der Waals surface area contributed by atoms with E-state index in [1.807, 2.05) is 13.8 Å². The molecule has 0 spiro atoms. The topological polar surface area (TPSA) is 66.4 Å².